The molecular weight excluding hydrogens is 248 g/mol. The van der Waals surface area contributed by atoms with Gasteiger partial charge in [-0.2, -0.15) is 0 Å². The molecule has 0 aliphatic heterocycles. The van der Waals surface area contributed by atoms with Crippen LogP contribution in [-0.4, -0.2) is 11.6 Å². The molecule has 0 radical (unpaired) electrons. The Morgan fingerprint density at radius 3 is 2.10 bits per heavy atom. The summed E-state index contributed by atoms with van der Waals surface area (Å²) in [6.07, 6.45) is 7.89. The zero-order valence-corrected chi connectivity index (χ0v) is 11.1. The van der Waals surface area contributed by atoms with Crippen molar-refractivity contribution in [2.24, 2.45) is 0 Å². The van der Waals surface area contributed by atoms with E-state index in [1.807, 2.05) is 12.1 Å². The van der Waals surface area contributed by atoms with Gasteiger partial charge in [-0.05, 0) is 71.4 Å². The van der Waals surface area contributed by atoms with Crippen molar-refractivity contribution in [2.45, 2.75) is 25.7 Å². The maximum absolute atomic E-state index is 11.9. The fourth-order valence-electron chi connectivity index (χ4n) is 3.27. The molecule has 0 amide bonds. The molecule has 2 aromatic rings. The number of carbonyl (C=O) groups excluding carboxylic acids is 2. The summed E-state index contributed by atoms with van der Waals surface area (Å²) in [5.74, 6) is -0.808. The zero-order valence-electron chi connectivity index (χ0n) is 11.1. The predicted octanol–water partition coefficient (Wildman–Crippen LogP) is 3.50. The summed E-state index contributed by atoms with van der Waals surface area (Å²) >= 11 is 0. The van der Waals surface area contributed by atoms with Crippen LogP contribution in [0, 0.1) is 0 Å². The summed E-state index contributed by atoms with van der Waals surface area (Å²) in [5.41, 5.74) is 4.23. The standard InChI is InChI=1S/C18H14O2/c19-17-6-5-13-9-14-7-11-3-1-2-4-12(11)8-15(14)10-16(13)18(17)20/h5-10H,1-4H2. The fourth-order valence-corrected chi connectivity index (χ4v) is 3.27. The maximum atomic E-state index is 11.9. The van der Waals surface area contributed by atoms with Crippen LogP contribution in [0.2, 0.25) is 0 Å². The molecule has 0 aromatic heterocycles. The Balaban J connectivity index is 1.98. The Labute approximate surface area is 117 Å². The molecule has 2 aliphatic rings. The van der Waals surface area contributed by atoms with E-state index in [0.29, 0.717) is 5.56 Å². The van der Waals surface area contributed by atoms with E-state index in [1.54, 1.807) is 6.08 Å². The van der Waals surface area contributed by atoms with Crippen LogP contribution in [0.3, 0.4) is 0 Å². The molecule has 0 atom stereocenters. The minimum atomic E-state index is -0.421. The first-order valence-corrected chi connectivity index (χ1v) is 7.09. The van der Waals surface area contributed by atoms with Crippen molar-refractivity contribution < 1.29 is 9.59 Å². The van der Waals surface area contributed by atoms with Crippen molar-refractivity contribution in [2.75, 3.05) is 0 Å². The molecule has 0 saturated heterocycles. The maximum Gasteiger partial charge on any atom is 0.233 e. The number of hydrogen-bond donors (Lipinski definition) is 0. The van der Waals surface area contributed by atoms with Crippen LogP contribution in [0.15, 0.2) is 30.3 Å². The minimum absolute atomic E-state index is 0.387. The van der Waals surface area contributed by atoms with Gasteiger partial charge >= 0.3 is 0 Å². The molecule has 20 heavy (non-hydrogen) atoms. The number of allylic oxidation sites excluding steroid dienone is 1. The highest BCUT2D eigenvalue weighted by Crippen LogP contribution is 2.30. The molecule has 0 heterocycles. The topological polar surface area (TPSA) is 34.1 Å². The second-order valence-corrected chi connectivity index (χ2v) is 5.64. The highest BCUT2D eigenvalue weighted by Gasteiger charge is 2.21. The van der Waals surface area contributed by atoms with Gasteiger partial charge in [-0.15, -0.1) is 0 Å². The summed E-state index contributed by atoms with van der Waals surface area (Å²) in [7, 11) is 0. The van der Waals surface area contributed by atoms with E-state index in [1.165, 1.54) is 30.0 Å². The lowest BCUT2D eigenvalue weighted by Crippen LogP contribution is -2.16. The lowest BCUT2D eigenvalue weighted by molar-refractivity contribution is -0.110. The number of hydrogen-bond acceptors (Lipinski definition) is 2. The first-order chi connectivity index (χ1) is 9.72. The molecule has 2 aliphatic carbocycles. The molecule has 98 valence electrons. The first-order valence-electron chi connectivity index (χ1n) is 7.09. The van der Waals surface area contributed by atoms with E-state index in [-0.39, 0.29) is 5.78 Å². The summed E-state index contributed by atoms with van der Waals surface area (Å²) < 4.78 is 0. The van der Waals surface area contributed by atoms with Crippen LogP contribution in [0.5, 0.6) is 0 Å². The highest BCUT2D eigenvalue weighted by atomic mass is 16.2. The van der Waals surface area contributed by atoms with Crippen molar-refractivity contribution in [3.05, 3.63) is 52.6 Å². The van der Waals surface area contributed by atoms with Crippen molar-refractivity contribution in [3.8, 4) is 0 Å². The molecule has 2 heteroatoms. The average molecular weight is 262 g/mol. The van der Waals surface area contributed by atoms with Crippen LogP contribution in [0.1, 0.15) is 39.9 Å². The second kappa shape index (κ2) is 4.14. The van der Waals surface area contributed by atoms with Crippen LogP contribution < -0.4 is 0 Å². The largest absolute Gasteiger partial charge is 0.286 e. The summed E-state index contributed by atoms with van der Waals surface area (Å²) in [4.78, 5) is 23.4. The number of rotatable bonds is 0. The summed E-state index contributed by atoms with van der Waals surface area (Å²) in [6, 6.07) is 8.35. The Hall–Kier alpha value is -2.22. The normalized spacial score (nSPS) is 17.2. The van der Waals surface area contributed by atoms with Gasteiger partial charge in [-0.1, -0.05) is 18.2 Å². The molecule has 0 unspecified atom stereocenters. The Morgan fingerprint density at radius 2 is 1.40 bits per heavy atom. The molecule has 0 bridgehead atoms. The third kappa shape index (κ3) is 1.64. The Kier molecular flexibility index (Phi) is 2.40. The highest BCUT2D eigenvalue weighted by molar-refractivity contribution is 6.50. The first kappa shape index (κ1) is 11.6. The SMILES string of the molecule is O=C1C=Cc2cc3cc4c(cc3cc2C1=O)CCCC4. The zero-order chi connectivity index (χ0) is 13.7. The lowest BCUT2D eigenvalue weighted by Gasteiger charge is -2.18. The molecule has 2 aromatic carbocycles. The van der Waals surface area contributed by atoms with E-state index < -0.39 is 5.78 Å². The number of Topliss-reactive ketones (excluding diaryl/α,β-unsaturated/α-hetero) is 1. The van der Waals surface area contributed by atoms with Gasteiger partial charge in [0.05, 0.1) is 0 Å². The average Bonchev–Trinajstić information content (AvgIpc) is 2.47. The summed E-state index contributed by atoms with van der Waals surface area (Å²) in [6.45, 7) is 0. The fraction of sp³-hybridized carbons (Fsp3) is 0.222. The van der Waals surface area contributed by atoms with Gasteiger partial charge in [-0.3, -0.25) is 9.59 Å². The predicted molar refractivity (Wildman–Crippen MR) is 79.0 cm³/mol. The van der Waals surface area contributed by atoms with Gasteiger partial charge < -0.3 is 0 Å². The van der Waals surface area contributed by atoms with Gasteiger partial charge in [-0.25, -0.2) is 0 Å². The van der Waals surface area contributed by atoms with Gasteiger partial charge in [0.1, 0.15) is 0 Å². The van der Waals surface area contributed by atoms with Crippen molar-refractivity contribution >= 4 is 28.4 Å². The van der Waals surface area contributed by atoms with E-state index in [2.05, 4.69) is 12.1 Å². The van der Waals surface area contributed by atoms with E-state index in [0.717, 1.165) is 29.2 Å². The van der Waals surface area contributed by atoms with Gasteiger partial charge in [0.15, 0.2) is 0 Å². The smallest absolute Gasteiger partial charge is 0.233 e. The number of carbonyl (C=O) groups is 2. The van der Waals surface area contributed by atoms with Crippen molar-refractivity contribution in [1.29, 1.82) is 0 Å². The van der Waals surface area contributed by atoms with Crippen LogP contribution in [0.4, 0.5) is 0 Å². The van der Waals surface area contributed by atoms with Gasteiger partial charge in [0.25, 0.3) is 0 Å². The van der Waals surface area contributed by atoms with Crippen LogP contribution >= 0.6 is 0 Å². The number of ketones is 2. The Bertz CT molecular complexity index is 797. The molecule has 0 N–H and O–H groups in total. The van der Waals surface area contributed by atoms with Crippen molar-refractivity contribution in [1.82, 2.24) is 0 Å². The van der Waals surface area contributed by atoms with Crippen molar-refractivity contribution in [3.63, 3.8) is 0 Å². The second-order valence-electron chi connectivity index (χ2n) is 5.64. The summed E-state index contributed by atoms with van der Waals surface area (Å²) in [5, 5.41) is 2.23. The van der Waals surface area contributed by atoms with Crippen LogP contribution in [0.25, 0.3) is 16.8 Å². The van der Waals surface area contributed by atoms with E-state index in [9.17, 15) is 9.59 Å². The van der Waals surface area contributed by atoms with Crippen LogP contribution in [-0.2, 0) is 17.6 Å². The number of benzene rings is 2. The minimum Gasteiger partial charge on any atom is -0.286 e. The van der Waals surface area contributed by atoms with E-state index >= 15 is 0 Å². The molecule has 0 fully saturated rings. The third-order valence-electron chi connectivity index (χ3n) is 4.35. The molecule has 2 nitrogen and oxygen atoms in total. The monoisotopic (exact) mass is 262 g/mol. The Morgan fingerprint density at radius 1 is 0.750 bits per heavy atom. The molecule has 0 saturated carbocycles. The third-order valence-corrected chi connectivity index (χ3v) is 4.35. The molecule has 4 rings (SSSR count). The number of fused-ring (bicyclic) bond motifs is 3. The van der Waals surface area contributed by atoms with Gasteiger partial charge in [0.2, 0.25) is 11.6 Å². The molecule has 0 spiro atoms. The number of aryl methyl sites for hydroxylation is 2. The van der Waals surface area contributed by atoms with E-state index in [4.69, 9.17) is 0 Å². The molecular formula is C18H14O2. The lowest BCUT2D eigenvalue weighted by atomic mass is 9.86. The quantitative estimate of drug-likeness (QED) is 0.681. The van der Waals surface area contributed by atoms with Gasteiger partial charge in [0, 0.05) is 5.56 Å².